The number of nitriles is 1. The minimum absolute atomic E-state index is 0.0119. The number of hydrogen-bond acceptors (Lipinski definition) is 3. The Morgan fingerprint density at radius 2 is 2.20 bits per heavy atom. The van der Waals surface area contributed by atoms with Gasteiger partial charge in [-0.1, -0.05) is 15.9 Å². The Labute approximate surface area is 125 Å². The third-order valence-electron chi connectivity index (χ3n) is 2.62. The van der Waals surface area contributed by atoms with Gasteiger partial charge in [-0.3, -0.25) is 0 Å². The molecule has 0 radical (unpaired) electrons. The van der Waals surface area contributed by atoms with E-state index < -0.39 is 12.0 Å². The number of carboxylic acid groups (broad SMARTS) is 1. The van der Waals surface area contributed by atoms with Crippen LogP contribution in [0.3, 0.4) is 0 Å². The number of carbonyl (C=O) groups excluding carboxylic acids is 1. The van der Waals surface area contributed by atoms with Crippen molar-refractivity contribution in [3.8, 4) is 6.07 Å². The molecule has 0 unspecified atom stereocenters. The summed E-state index contributed by atoms with van der Waals surface area (Å²) in [7, 11) is 0. The van der Waals surface area contributed by atoms with Crippen molar-refractivity contribution in [1.82, 2.24) is 4.90 Å². The van der Waals surface area contributed by atoms with E-state index in [1.54, 1.807) is 13.0 Å². The van der Waals surface area contributed by atoms with Gasteiger partial charge < -0.3 is 15.3 Å². The van der Waals surface area contributed by atoms with Crippen molar-refractivity contribution in [2.45, 2.75) is 13.3 Å². The lowest BCUT2D eigenvalue weighted by Crippen LogP contribution is -2.35. The number of amides is 2. The Bertz CT molecular complexity index is 554. The summed E-state index contributed by atoms with van der Waals surface area (Å²) < 4.78 is 0.665. The van der Waals surface area contributed by atoms with Gasteiger partial charge in [0.15, 0.2) is 0 Å². The fraction of sp³-hybridized carbons (Fsp3) is 0.308. The SMILES string of the molecule is CCN(CCC#N)C(=O)Nc1cc(Br)ccc1C(=O)O. The lowest BCUT2D eigenvalue weighted by Gasteiger charge is -2.20. The number of carbonyl (C=O) groups is 2. The maximum absolute atomic E-state index is 12.0. The number of anilines is 1. The summed E-state index contributed by atoms with van der Waals surface area (Å²) in [6.07, 6.45) is 0.228. The van der Waals surface area contributed by atoms with Crippen molar-refractivity contribution in [2.75, 3.05) is 18.4 Å². The van der Waals surface area contributed by atoms with Gasteiger partial charge in [0.2, 0.25) is 0 Å². The van der Waals surface area contributed by atoms with Gasteiger partial charge in [-0.2, -0.15) is 5.26 Å². The largest absolute Gasteiger partial charge is 0.478 e. The van der Waals surface area contributed by atoms with Crippen molar-refractivity contribution >= 4 is 33.6 Å². The molecule has 0 aliphatic rings. The molecule has 0 atom stereocenters. The molecule has 2 amide bonds. The van der Waals surface area contributed by atoms with Crippen LogP contribution in [0.25, 0.3) is 0 Å². The van der Waals surface area contributed by atoms with E-state index in [9.17, 15) is 9.59 Å². The van der Waals surface area contributed by atoms with Gasteiger partial charge in [0.1, 0.15) is 0 Å². The molecular weight excluding hydrogens is 326 g/mol. The minimum atomic E-state index is -1.12. The average Bonchev–Trinajstić information content (AvgIpc) is 2.39. The van der Waals surface area contributed by atoms with Gasteiger partial charge in [-0.15, -0.1) is 0 Å². The second kappa shape index (κ2) is 7.50. The first-order valence-corrected chi connectivity index (χ1v) is 6.74. The van der Waals surface area contributed by atoms with Crippen LogP contribution in [-0.4, -0.2) is 35.1 Å². The van der Waals surface area contributed by atoms with Crippen LogP contribution in [0.5, 0.6) is 0 Å². The molecule has 0 fully saturated rings. The van der Waals surface area contributed by atoms with Crippen LogP contribution in [0.2, 0.25) is 0 Å². The van der Waals surface area contributed by atoms with Crippen LogP contribution in [0, 0.1) is 11.3 Å². The van der Waals surface area contributed by atoms with Crippen LogP contribution >= 0.6 is 15.9 Å². The highest BCUT2D eigenvalue weighted by Crippen LogP contribution is 2.22. The monoisotopic (exact) mass is 339 g/mol. The van der Waals surface area contributed by atoms with Gasteiger partial charge in [-0.25, -0.2) is 9.59 Å². The third-order valence-corrected chi connectivity index (χ3v) is 3.11. The average molecular weight is 340 g/mol. The summed E-state index contributed by atoms with van der Waals surface area (Å²) in [4.78, 5) is 24.6. The van der Waals surface area contributed by atoms with Gasteiger partial charge in [0.25, 0.3) is 0 Å². The molecule has 0 saturated heterocycles. The molecule has 7 heteroatoms. The van der Waals surface area contributed by atoms with Crippen LogP contribution in [0.4, 0.5) is 10.5 Å². The summed E-state index contributed by atoms with van der Waals surface area (Å²) in [5, 5.41) is 20.2. The maximum atomic E-state index is 12.0. The van der Waals surface area contributed by atoms with E-state index in [2.05, 4.69) is 21.2 Å². The number of benzene rings is 1. The number of rotatable bonds is 5. The third kappa shape index (κ3) is 4.24. The lowest BCUT2D eigenvalue weighted by molar-refractivity contribution is 0.0698. The molecule has 0 heterocycles. The van der Waals surface area contributed by atoms with E-state index >= 15 is 0 Å². The number of urea groups is 1. The van der Waals surface area contributed by atoms with E-state index in [1.165, 1.54) is 17.0 Å². The number of nitrogens with zero attached hydrogens (tertiary/aromatic N) is 2. The van der Waals surface area contributed by atoms with Crippen LogP contribution < -0.4 is 5.32 Å². The van der Waals surface area contributed by atoms with Crippen LogP contribution in [-0.2, 0) is 0 Å². The minimum Gasteiger partial charge on any atom is -0.478 e. The summed E-state index contributed by atoms with van der Waals surface area (Å²) in [6, 6.07) is 6.07. The highest BCUT2D eigenvalue weighted by molar-refractivity contribution is 9.10. The number of carboxylic acids is 1. The molecule has 106 valence electrons. The van der Waals surface area contributed by atoms with Gasteiger partial charge >= 0.3 is 12.0 Å². The van der Waals surface area contributed by atoms with Gasteiger partial charge in [0.05, 0.1) is 23.7 Å². The number of nitrogens with one attached hydrogen (secondary N) is 1. The molecule has 0 aliphatic heterocycles. The van der Waals surface area contributed by atoms with Crippen molar-refractivity contribution < 1.29 is 14.7 Å². The molecule has 2 N–H and O–H groups in total. The quantitative estimate of drug-likeness (QED) is 0.862. The van der Waals surface area contributed by atoms with Crippen molar-refractivity contribution in [3.63, 3.8) is 0 Å². The zero-order valence-electron chi connectivity index (χ0n) is 10.9. The molecule has 0 aromatic heterocycles. The molecule has 1 aromatic rings. The Kier molecular flexibility index (Phi) is 6.00. The molecule has 1 rings (SSSR count). The second-order valence-electron chi connectivity index (χ2n) is 3.91. The van der Waals surface area contributed by atoms with E-state index in [0.717, 1.165) is 0 Å². The van der Waals surface area contributed by atoms with Crippen LogP contribution in [0.1, 0.15) is 23.7 Å². The maximum Gasteiger partial charge on any atom is 0.337 e. The van der Waals surface area contributed by atoms with Crippen molar-refractivity contribution in [1.29, 1.82) is 5.26 Å². The highest BCUT2D eigenvalue weighted by atomic mass is 79.9. The molecule has 0 saturated carbocycles. The molecular formula is C13H14BrN3O3. The fourth-order valence-corrected chi connectivity index (χ4v) is 1.95. The number of halogens is 1. The fourth-order valence-electron chi connectivity index (χ4n) is 1.59. The zero-order valence-corrected chi connectivity index (χ0v) is 12.5. The van der Waals surface area contributed by atoms with Gasteiger partial charge in [0, 0.05) is 17.6 Å². The Morgan fingerprint density at radius 1 is 1.50 bits per heavy atom. The molecule has 6 nitrogen and oxygen atoms in total. The Hall–Kier alpha value is -2.07. The standard InChI is InChI=1S/C13H14BrN3O3/c1-2-17(7-3-6-15)13(20)16-11-8-9(14)4-5-10(11)12(18)19/h4-5,8H,2-3,7H2,1H3,(H,16,20)(H,18,19). The van der Waals surface area contributed by atoms with Crippen molar-refractivity contribution in [2.24, 2.45) is 0 Å². The first kappa shape index (κ1) is 16.0. The molecule has 0 bridgehead atoms. The van der Waals surface area contributed by atoms with Crippen molar-refractivity contribution in [3.05, 3.63) is 28.2 Å². The van der Waals surface area contributed by atoms with E-state index in [-0.39, 0.29) is 17.7 Å². The smallest absolute Gasteiger partial charge is 0.337 e. The van der Waals surface area contributed by atoms with Crippen LogP contribution in [0.15, 0.2) is 22.7 Å². The summed E-state index contributed by atoms with van der Waals surface area (Å²) >= 11 is 3.23. The predicted molar refractivity (Wildman–Crippen MR) is 77.6 cm³/mol. The van der Waals surface area contributed by atoms with E-state index in [4.69, 9.17) is 10.4 Å². The predicted octanol–water partition coefficient (Wildman–Crippen LogP) is 2.91. The molecule has 1 aromatic carbocycles. The molecule has 0 aliphatic carbocycles. The lowest BCUT2D eigenvalue weighted by atomic mass is 10.2. The summed E-state index contributed by atoms with van der Waals surface area (Å²) in [6.45, 7) is 2.52. The second-order valence-corrected chi connectivity index (χ2v) is 4.83. The Balaban J connectivity index is 2.91. The molecule has 20 heavy (non-hydrogen) atoms. The summed E-state index contributed by atoms with van der Waals surface area (Å²) in [5.74, 6) is -1.12. The number of hydrogen-bond donors (Lipinski definition) is 2. The topological polar surface area (TPSA) is 93.4 Å². The molecule has 0 spiro atoms. The highest BCUT2D eigenvalue weighted by Gasteiger charge is 2.16. The Morgan fingerprint density at radius 3 is 2.75 bits per heavy atom. The summed E-state index contributed by atoms with van der Waals surface area (Å²) in [5.41, 5.74) is 0.227. The van der Waals surface area contributed by atoms with E-state index in [1.807, 2.05) is 6.07 Å². The normalized spacial score (nSPS) is 9.65. The first-order chi connectivity index (χ1) is 9.49. The number of aromatic carboxylic acids is 1. The van der Waals surface area contributed by atoms with E-state index in [0.29, 0.717) is 17.6 Å². The van der Waals surface area contributed by atoms with Gasteiger partial charge in [-0.05, 0) is 25.1 Å². The zero-order chi connectivity index (χ0) is 15.1. The first-order valence-electron chi connectivity index (χ1n) is 5.95.